The molecule has 2 N–H and O–H groups in total. The number of hydrogen-bond acceptors (Lipinski definition) is 5. The number of amides is 1. The minimum absolute atomic E-state index is 0.0912. The van der Waals surface area contributed by atoms with Gasteiger partial charge in [-0.1, -0.05) is 49.3 Å². The summed E-state index contributed by atoms with van der Waals surface area (Å²) in [5, 5.41) is 16.1. The smallest absolute Gasteiger partial charge is 0.273 e. The third kappa shape index (κ3) is 5.66. The first-order valence-electron chi connectivity index (χ1n) is 10.2. The number of hydrogen-bond donors (Lipinski definition) is 2. The molecule has 28 heavy (non-hydrogen) atoms. The Morgan fingerprint density at radius 2 is 2.00 bits per heavy atom. The molecule has 6 heteroatoms. The van der Waals surface area contributed by atoms with E-state index in [4.69, 9.17) is 4.52 Å². The summed E-state index contributed by atoms with van der Waals surface area (Å²) in [5.74, 6) is 1.28. The van der Waals surface area contributed by atoms with Crippen molar-refractivity contribution in [1.29, 1.82) is 0 Å². The van der Waals surface area contributed by atoms with Gasteiger partial charge in [0.25, 0.3) is 5.91 Å². The summed E-state index contributed by atoms with van der Waals surface area (Å²) in [6.07, 6.45) is 3.48. The number of nitrogens with one attached hydrogen (secondary N) is 1. The highest BCUT2D eigenvalue weighted by atomic mass is 16.5. The molecule has 2 heterocycles. The van der Waals surface area contributed by atoms with Crippen molar-refractivity contribution < 1.29 is 14.4 Å². The minimum Gasteiger partial charge on any atom is -0.394 e. The summed E-state index contributed by atoms with van der Waals surface area (Å²) >= 11 is 0. The largest absolute Gasteiger partial charge is 0.394 e. The van der Waals surface area contributed by atoms with E-state index in [0.29, 0.717) is 12.3 Å². The monoisotopic (exact) mass is 385 g/mol. The van der Waals surface area contributed by atoms with Crippen molar-refractivity contribution in [2.24, 2.45) is 11.8 Å². The molecule has 6 nitrogen and oxygen atoms in total. The first-order chi connectivity index (χ1) is 13.5. The topological polar surface area (TPSA) is 78.6 Å². The fourth-order valence-electron chi connectivity index (χ4n) is 3.68. The molecule has 1 aromatic heterocycles. The molecule has 3 rings (SSSR count). The van der Waals surface area contributed by atoms with Crippen molar-refractivity contribution in [2.45, 2.75) is 45.7 Å². The molecule has 1 amide bonds. The van der Waals surface area contributed by atoms with E-state index >= 15 is 0 Å². The second-order valence-corrected chi connectivity index (χ2v) is 8.09. The van der Waals surface area contributed by atoms with Gasteiger partial charge in [-0.15, -0.1) is 0 Å². The van der Waals surface area contributed by atoms with Crippen LogP contribution in [0.1, 0.15) is 48.5 Å². The van der Waals surface area contributed by atoms with Crippen LogP contribution in [0, 0.1) is 11.8 Å². The number of likely N-dealkylation sites (tertiary alicyclic amines) is 1. The molecule has 0 aliphatic carbocycles. The van der Waals surface area contributed by atoms with E-state index < -0.39 is 0 Å². The van der Waals surface area contributed by atoms with E-state index in [0.717, 1.165) is 25.4 Å². The van der Waals surface area contributed by atoms with Crippen LogP contribution in [0.25, 0.3) is 0 Å². The van der Waals surface area contributed by atoms with E-state index in [-0.39, 0.29) is 30.2 Å². The lowest BCUT2D eigenvalue weighted by atomic mass is 9.90. The van der Waals surface area contributed by atoms with Gasteiger partial charge in [-0.3, -0.25) is 9.69 Å². The fourth-order valence-corrected chi connectivity index (χ4v) is 3.68. The van der Waals surface area contributed by atoms with Crippen LogP contribution in [0.15, 0.2) is 40.9 Å². The Balaban J connectivity index is 1.46. The third-order valence-corrected chi connectivity index (χ3v) is 5.56. The van der Waals surface area contributed by atoms with Gasteiger partial charge in [0.05, 0.1) is 19.2 Å². The van der Waals surface area contributed by atoms with Crippen LogP contribution in [0.5, 0.6) is 0 Å². The van der Waals surface area contributed by atoms with Crippen LogP contribution >= 0.6 is 0 Å². The number of nitrogens with zero attached hydrogens (tertiary/aromatic N) is 2. The number of carbonyl (C=O) groups excluding carboxylic acids is 1. The van der Waals surface area contributed by atoms with Crippen LogP contribution in [0.3, 0.4) is 0 Å². The van der Waals surface area contributed by atoms with Gasteiger partial charge in [0.2, 0.25) is 0 Å². The predicted octanol–water partition coefficient (Wildman–Crippen LogP) is 2.88. The summed E-state index contributed by atoms with van der Waals surface area (Å²) in [7, 11) is 0. The summed E-state index contributed by atoms with van der Waals surface area (Å²) < 4.78 is 5.37. The number of carbonyl (C=O) groups is 1. The molecule has 1 aromatic carbocycles. The van der Waals surface area contributed by atoms with Gasteiger partial charge in [0.15, 0.2) is 11.5 Å². The molecule has 1 aliphatic heterocycles. The predicted molar refractivity (Wildman–Crippen MR) is 108 cm³/mol. The Labute approximate surface area is 166 Å². The Morgan fingerprint density at radius 3 is 2.64 bits per heavy atom. The summed E-state index contributed by atoms with van der Waals surface area (Å²) in [4.78, 5) is 14.6. The van der Waals surface area contributed by atoms with Gasteiger partial charge < -0.3 is 14.9 Å². The minimum atomic E-state index is -0.302. The summed E-state index contributed by atoms with van der Waals surface area (Å²) in [6, 6.07) is 12.1. The highest BCUT2D eigenvalue weighted by Gasteiger charge is 2.22. The zero-order valence-electron chi connectivity index (χ0n) is 16.8. The molecule has 0 radical (unpaired) electrons. The van der Waals surface area contributed by atoms with Crippen LogP contribution in [-0.2, 0) is 13.0 Å². The second-order valence-electron chi connectivity index (χ2n) is 8.09. The van der Waals surface area contributed by atoms with Crippen molar-refractivity contribution in [3.8, 4) is 0 Å². The molecule has 1 saturated heterocycles. The molecular formula is C22H31N3O3. The van der Waals surface area contributed by atoms with Crippen LogP contribution in [0.4, 0.5) is 0 Å². The zero-order chi connectivity index (χ0) is 19.9. The highest BCUT2D eigenvalue weighted by molar-refractivity contribution is 5.92. The molecule has 0 spiro atoms. The number of aliphatic hydroxyl groups is 1. The molecule has 1 unspecified atom stereocenters. The van der Waals surface area contributed by atoms with Gasteiger partial charge in [-0.05, 0) is 49.8 Å². The lowest BCUT2D eigenvalue weighted by molar-refractivity contribution is 0.0887. The van der Waals surface area contributed by atoms with Gasteiger partial charge >= 0.3 is 0 Å². The van der Waals surface area contributed by atoms with Gasteiger partial charge in [-0.2, -0.15) is 0 Å². The fraction of sp³-hybridized carbons (Fsp3) is 0.545. The normalized spacial score (nSPS) is 17.0. The maximum Gasteiger partial charge on any atom is 0.273 e. The SMILES string of the molecule is CC(C)C(CO)NC(=O)c1cc(CN2CCC(Cc3ccccc3)CC2)on1. The average molecular weight is 386 g/mol. The maximum atomic E-state index is 12.3. The Bertz CT molecular complexity index is 736. The number of benzene rings is 1. The Morgan fingerprint density at radius 1 is 1.29 bits per heavy atom. The van der Waals surface area contributed by atoms with Gasteiger partial charge in [-0.25, -0.2) is 0 Å². The molecule has 1 atom stereocenters. The summed E-state index contributed by atoms with van der Waals surface area (Å²) in [6.45, 7) is 6.55. The summed E-state index contributed by atoms with van der Waals surface area (Å²) in [5.41, 5.74) is 1.68. The number of piperidine rings is 1. The Kier molecular flexibility index (Phi) is 7.23. The number of rotatable bonds is 8. The van der Waals surface area contributed by atoms with E-state index in [1.54, 1.807) is 6.07 Å². The van der Waals surface area contributed by atoms with Crippen molar-refractivity contribution in [3.05, 3.63) is 53.4 Å². The zero-order valence-corrected chi connectivity index (χ0v) is 16.8. The Hall–Kier alpha value is -2.18. The van der Waals surface area contributed by atoms with Crippen LogP contribution < -0.4 is 5.32 Å². The van der Waals surface area contributed by atoms with Crippen molar-refractivity contribution in [3.63, 3.8) is 0 Å². The van der Waals surface area contributed by atoms with E-state index in [1.807, 2.05) is 13.8 Å². The highest BCUT2D eigenvalue weighted by Crippen LogP contribution is 2.23. The first kappa shape index (κ1) is 20.6. The second kappa shape index (κ2) is 9.85. The molecular weight excluding hydrogens is 354 g/mol. The molecule has 1 fully saturated rings. The van der Waals surface area contributed by atoms with Crippen LogP contribution in [0.2, 0.25) is 0 Å². The standard InChI is InChI=1S/C22H31N3O3/c1-16(2)21(15-26)23-22(27)20-13-19(28-24-20)14-25-10-8-18(9-11-25)12-17-6-4-3-5-7-17/h3-7,13,16,18,21,26H,8-12,14-15H2,1-2H3,(H,23,27). The lowest BCUT2D eigenvalue weighted by Gasteiger charge is -2.31. The van der Waals surface area contributed by atoms with Gasteiger partial charge in [0.1, 0.15) is 0 Å². The van der Waals surface area contributed by atoms with E-state index in [9.17, 15) is 9.90 Å². The number of aromatic nitrogens is 1. The molecule has 2 aromatic rings. The molecule has 0 bridgehead atoms. The average Bonchev–Trinajstić information content (AvgIpc) is 3.16. The molecule has 152 valence electrons. The first-order valence-corrected chi connectivity index (χ1v) is 10.2. The molecule has 1 aliphatic rings. The van der Waals surface area contributed by atoms with Gasteiger partial charge in [0, 0.05) is 6.07 Å². The van der Waals surface area contributed by atoms with Crippen molar-refractivity contribution in [1.82, 2.24) is 15.4 Å². The van der Waals surface area contributed by atoms with E-state index in [2.05, 4.69) is 45.7 Å². The maximum absolute atomic E-state index is 12.3. The quantitative estimate of drug-likeness (QED) is 0.731. The lowest BCUT2D eigenvalue weighted by Crippen LogP contribution is -2.41. The third-order valence-electron chi connectivity index (χ3n) is 5.56. The number of aliphatic hydroxyl groups excluding tert-OH is 1. The van der Waals surface area contributed by atoms with Crippen molar-refractivity contribution >= 4 is 5.91 Å². The van der Waals surface area contributed by atoms with Crippen molar-refractivity contribution in [2.75, 3.05) is 19.7 Å². The van der Waals surface area contributed by atoms with E-state index in [1.165, 1.54) is 18.4 Å². The van der Waals surface area contributed by atoms with Crippen LogP contribution in [-0.4, -0.2) is 46.8 Å². The molecule has 0 saturated carbocycles.